The van der Waals surface area contributed by atoms with Crippen LogP contribution in [0.2, 0.25) is 0 Å². The first-order chi connectivity index (χ1) is 8.97. The summed E-state index contributed by atoms with van der Waals surface area (Å²) in [6, 6.07) is 6.94. The first kappa shape index (κ1) is 16.5. The molecule has 19 heavy (non-hydrogen) atoms. The van der Waals surface area contributed by atoms with Gasteiger partial charge >= 0.3 is 0 Å². The fourth-order valence-electron chi connectivity index (χ4n) is 1.60. The third kappa shape index (κ3) is 5.95. The molecule has 0 fully saturated rings. The summed E-state index contributed by atoms with van der Waals surface area (Å²) in [4.78, 5) is 1.41. The predicted molar refractivity (Wildman–Crippen MR) is 79.4 cm³/mol. The van der Waals surface area contributed by atoms with E-state index in [1.165, 1.54) is 6.26 Å². The minimum absolute atomic E-state index is 0.104. The highest BCUT2D eigenvalue weighted by Crippen LogP contribution is 2.21. The molecule has 0 saturated heterocycles. The first-order valence-electron chi connectivity index (χ1n) is 6.22. The lowest BCUT2D eigenvalue weighted by Crippen LogP contribution is -2.24. The monoisotopic (exact) mass is 303 g/mol. The predicted octanol–water partition coefficient (Wildman–Crippen LogP) is 1.94. The summed E-state index contributed by atoms with van der Waals surface area (Å²) in [5.74, 6) is 0.903. The molecule has 1 unspecified atom stereocenters. The molecular weight excluding hydrogens is 282 g/mol. The van der Waals surface area contributed by atoms with Crippen molar-refractivity contribution in [3.05, 3.63) is 24.3 Å². The van der Waals surface area contributed by atoms with E-state index in [-0.39, 0.29) is 6.10 Å². The molecule has 0 radical (unpaired) electrons. The van der Waals surface area contributed by atoms with E-state index in [1.807, 2.05) is 19.1 Å². The van der Waals surface area contributed by atoms with E-state index in [1.54, 1.807) is 23.9 Å². The Morgan fingerprint density at radius 3 is 2.42 bits per heavy atom. The van der Waals surface area contributed by atoms with Crippen molar-refractivity contribution >= 4 is 21.6 Å². The molecule has 1 atom stereocenters. The van der Waals surface area contributed by atoms with Crippen LogP contribution in [0.3, 0.4) is 0 Å². The summed E-state index contributed by atoms with van der Waals surface area (Å²) in [6.45, 7) is 3.16. The van der Waals surface area contributed by atoms with E-state index in [2.05, 4.69) is 0 Å². The maximum atomic E-state index is 11.3. The average Bonchev–Trinajstić information content (AvgIpc) is 2.37. The number of nitrogens with two attached hydrogens (primary N) is 1. The minimum atomic E-state index is -3.11. The fourth-order valence-corrected chi connectivity index (χ4v) is 3.17. The van der Waals surface area contributed by atoms with Gasteiger partial charge in [0.2, 0.25) is 0 Å². The second kappa shape index (κ2) is 7.89. The van der Waals surface area contributed by atoms with Gasteiger partial charge in [0.25, 0.3) is 0 Å². The van der Waals surface area contributed by atoms with Crippen LogP contribution in [0, 0.1) is 0 Å². The van der Waals surface area contributed by atoms with Crippen LogP contribution < -0.4 is 5.73 Å². The molecule has 0 saturated carbocycles. The zero-order valence-electron chi connectivity index (χ0n) is 11.3. The first-order valence-corrected chi connectivity index (χ1v) is 9.09. The number of hydrogen-bond donors (Lipinski definition) is 1. The maximum Gasteiger partial charge on any atom is 0.175 e. The maximum absolute atomic E-state index is 11.3. The summed E-state index contributed by atoms with van der Waals surface area (Å²) >= 11 is 1.68. The van der Waals surface area contributed by atoms with Crippen LogP contribution >= 0.6 is 11.8 Å². The summed E-state index contributed by atoms with van der Waals surface area (Å²) in [5, 5.41) is 0. The normalized spacial score (nSPS) is 13.4. The van der Waals surface area contributed by atoms with E-state index in [4.69, 9.17) is 10.5 Å². The van der Waals surface area contributed by atoms with Crippen LogP contribution in [-0.2, 0) is 14.6 Å². The molecule has 0 heterocycles. The van der Waals surface area contributed by atoms with Gasteiger partial charge in [-0.25, -0.2) is 8.42 Å². The molecule has 0 aliphatic rings. The Kier molecular flexibility index (Phi) is 6.85. The van der Waals surface area contributed by atoms with Gasteiger partial charge in [0.05, 0.1) is 11.0 Å². The Morgan fingerprint density at radius 2 is 1.95 bits per heavy atom. The van der Waals surface area contributed by atoms with Crippen molar-refractivity contribution in [2.75, 3.05) is 25.2 Å². The molecule has 2 N–H and O–H groups in total. The van der Waals surface area contributed by atoms with E-state index in [0.29, 0.717) is 18.0 Å². The average molecular weight is 303 g/mol. The Morgan fingerprint density at radius 1 is 1.32 bits per heavy atom. The number of ether oxygens (including phenoxy) is 1. The zero-order chi connectivity index (χ0) is 14.3. The van der Waals surface area contributed by atoms with Gasteiger partial charge in [-0.3, -0.25) is 0 Å². The lowest BCUT2D eigenvalue weighted by Gasteiger charge is -2.14. The van der Waals surface area contributed by atoms with Gasteiger partial charge in [-0.15, -0.1) is 11.8 Å². The molecular formula is C13H21NO3S2. The Bertz CT molecular complexity index is 471. The zero-order valence-corrected chi connectivity index (χ0v) is 13.0. The summed E-state index contributed by atoms with van der Waals surface area (Å²) in [7, 11) is -3.11. The van der Waals surface area contributed by atoms with Crippen molar-refractivity contribution in [1.82, 2.24) is 0 Å². The van der Waals surface area contributed by atoms with Gasteiger partial charge in [0.1, 0.15) is 0 Å². The summed E-state index contributed by atoms with van der Waals surface area (Å²) < 4.78 is 28.1. The fraction of sp³-hybridized carbons (Fsp3) is 0.538. The second-order valence-corrected chi connectivity index (χ2v) is 7.38. The van der Waals surface area contributed by atoms with Crippen LogP contribution in [0.15, 0.2) is 34.1 Å². The number of hydrogen-bond acceptors (Lipinski definition) is 5. The number of thioether (sulfide) groups is 1. The van der Waals surface area contributed by atoms with E-state index in [0.717, 1.165) is 17.1 Å². The van der Waals surface area contributed by atoms with Crippen molar-refractivity contribution in [3.8, 4) is 0 Å². The topological polar surface area (TPSA) is 69.4 Å². The van der Waals surface area contributed by atoms with Gasteiger partial charge in [-0.2, -0.15) is 0 Å². The standard InChI is InChI=1S/C13H21NO3S2/c1-3-17-11(10-14)8-9-18-12-4-6-13(7-5-12)19(2,15)16/h4-7,11H,3,8-10,14H2,1-2H3. The molecule has 108 valence electrons. The molecule has 1 aromatic carbocycles. The molecule has 0 aromatic heterocycles. The second-order valence-electron chi connectivity index (χ2n) is 4.19. The SMILES string of the molecule is CCOC(CN)CCSc1ccc(S(C)(=O)=O)cc1. The third-order valence-corrected chi connectivity index (χ3v) is 4.80. The lowest BCUT2D eigenvalue weighted by atomic mass is 10.3. The molecule has 6 heteroatoms. The van der Waals surface area contributed by atoms with Crippen LogP contribution in [0.1, 0.15) is 13.3 Å². The molecule has 4 nitrogen and oxygen atoms in total. The highest BCUT2D eigenvalue weighted by molar-refractivity contribution is 7.99. The molecule has 1 rings (SSSR count). The van der Waals surface area contributed by atoms with Crippen molar-refractivity contribution in [2.45, 2.75) is 29.2 Å². The smallest absolute Gasteiger partial charge is 0.175 e. The van der Waals surface area contributed by atoms with E-state index in [9.17, 15) is 8.42 Å². The Labute approximate surface area is 119 Å². The molecule has 0 aliphatic carbocycles. The van der Waals surface area contributed by atoms with Gasteiger partial charge in [-0.1, -0.05) is 0 Å². The van der Waals surface area contributed by atoms with Crippen LogP contribution in [0.25, 0.3) is 0 Å². The van der Waals surface area contributed by atoms with Crippen molar-refractivity contribution < 1.29 is 13.2 Å². The quantitative estimate of drug-likeness (QED) is 0.743. The van der Waals surface area contributed by atoms with E-state index < -0.39 is 9.84 Å². The van der Waals surface area contributed by atoms with E-state index >= 15 is 0 Å². The largest absolute Gasteiger partial charge is 0.377 e. The highest BCUT2D eigenvalue weighted by atomic mass is 32.2. The summed E-state index contributed by atoms with van der Waals surface area (Å²) in [5.41, 5.74) is 5.61. The molecule has 1 aromatic rings. The molecule has 0 aliphatic heterocycles. The number of rotatable bonds is 8. The van der Waals surface area contributed by atoms with Crippen LogP contribution in [0.5, 0.6) is 0 Å². The van der Waals surface area contributed by atoms with Crippen molar-refractivity contribution in [1.29, 1.82) is 0 Å². The van der Waals surface area contributed by atoms with Crippen molar-refractivity contribution in [2.24, 2.45) is 5.73 Å². The highest BCUT2D eigenvalue weighted by Gasteiger charge is 2.08. The van der Waals surface area contributed by atoms with Crippen LogP contribution in [-0.4, -0.2) is 39.7 Å². The molecule has 0 spiro atoms. The van der Waals surface area contributed by atoms with Gasteiger partial charge in [0.15, 0.2) is 9.84 Å². The Balaban J connectivity index is 2.46. The van der Waals surface area contributed by atoms with Gasteiger partial charge in [-0.05, 0) is 37.6 Å². The van der Waals surface area contributed by atoms with Gasteiger partial charge < -0.3 is 10.5 Å². The Hall–Kier alpha value is -0.560. The molecule has 0 amide bonds. The van der Waals surface area contributed by atoms with Gasteiger partial charge in [0, 0.05) is 30.1 Å². The molecule has 0 bridgehead atoms. The van der Waals surface area contributed by atoms with Crippen LogP contribution in [0.4, 0.5) is 0 Å². The minimum Gasteiger partial charge on any atom is -0.377 e. The summed E-state index contributed by atoms with van der Waals surface area (Å²) in [6.07, 6.45) is 2.21. The lowest BCUT2D eigenvalue weighted by molar-refractivity contribution is 0.0674. The number of benzene rings is 1. The third-order valence-electron chi connectivity index (χ3n) is 2.63. The number of sulfone groups is 1. The van der Waals surface area contributed by atoms with Crippen molar-refractivity contribution in [3.63, 3.8) is 0 Å².